The third-order valence-corrected chi connectivity index (χ3v) is 5.30. The number of H-pyrrole nitrogens is 1. The van der Waals surface area contributed by atoms with Crippen LogP contribution in [-0.2, 0) is 17.8 Å². The fourth-order valence-electron chi connectivity index (χ4n) is 3.49. The van der Waals surface area contributed by atoms with Crippen molar-refractivity contribution in [2.45, 2.75) is 19.1 Å². The van der Waals surface area contributed by atoms with E-state index in [0.29, 0.717) is 12.1 Å². The van der Waals surface area contributed by atoms with E-state index in [1.807, 2.05) is 18.2 Å². The van der Waals surface area contributed by atoms with Crippen LogP contribution in [0.3, 0.4) is 0 Å². The maximum Gasteiger partial charge on any atom is 0.290 e. The number of hydrogen-bond donors (Lipinski definition) is 3. The maximum absolute atomic E-state index is 13.3. The Morgan fingerprint density at radius 2 is 2.00 bits per heavy atom. The molecule has 0 saturated heterocycles. The Morgan fingerprint density at radius 3 is 2.71 bits per heavy atom. The van der Waals surface area contributed by atoms with Crippen LogP contribution in [0.1, 0.15) is 22.9 Å². The summed E-state index contributed by atoms with van der Waals surface area (Å²) >= 11 is 11.9. The average Bonchev–Trinajstić information content (AvgIpc) is 3.01. The van der Waals surface area contributed by atoms with Gasteiger partial charge in [0.1, 0.15) is 5.82 Å². The van der Waals surface area contributed by atoms with Gasteiger partial charge in [-0.05, 0) is 47.9 Å². The summed E-state index contributed by atoms with van der Waals surface area (Å²) in [5.41, 5.74) is 4.17. The van der Waals surface area contributed by atoms with Gasteiger partial charge in [-0.2, -0.15) is 0 Å². The van der Waals surface area contributed by atoms with Crippen LogP contribution in [0.4, 0.5) is 4.39 Å². The molecule has 1 aliphatic rings. The first-order chi connectivity index (χ1) is 13.4. The number of β-amino-alcohol motifs (C(OH)–C–C–N with tert-alkyl or cyclic N) is 1. The minimum Gasteiger partial charge on any atom is -0.483 e. The first-order valence-electron chi connectivity index (χ1n) is 8.65. The summed E-state index contributed by atoms with van der Waals surface area (Å²) in [6.45, 7) is 1.80. The summed E-state index contributed by atoms with van der Waals surface area (Å²) < 4.78 is 13.3. The molecule has 5 nitrogen and oxygen atoms in total. The largest absolute Gasteiger partial charge is 0.483 e. The number of carbonyl (C=O) groups is 1. The Kier molecular flexibility index (Phi) is 6.57. The van der Waals surface area contributed by atoms with E-state index >= 15 is 0 Å². The van der Waals surface area contributed by atoms with Crippen LogP contribution in [0.2, 0.25) is 10.0 Å². The number of rotatable bonds is 3. The summed E-state index contributed by atoms with van der Waals surface area (Å²) in [6.07, 6.45) is 0.186. The molecule has 28 heavy (non-hydrogen) atoms. The number of benzene rings is 2. The van der Waals surface area contributed by atoms with Gasteiger partial charge in [0, 0.05) is 41.3 Å². The van der Waals surface area contributed by atoms with E-state index in [1.165, 1.54) is 23.1 Å². The zero-order valence-electron chi connectivity index (χ0n) is 14.8. The molecule has 1 atom stereocenters. The molecule has 0 spiro atoms. The van der Waals surface area contributed by atoms with Crippen molar-refractivity contribution < 1.29 is 19.4 Å². The quantitative estimate of drug-likeness (QED) is 0.544. The number of aromatic amines is 1. The lowest BCUT2D eigenvalue weighted by Gasteiger charge is -2.29. The van der Waals surface area contributed by atoms with Crippen molar-refractivity contribution in [2.75, 3.05) is 13.1 Å². The average molecular weight is 425 g/mol. The number of carboxylic acid groups (broad SMARTS) is 1. The van der Waals surface area contributed by atoms with E-state index in [2.05, 4.69) is 9.88 Å². The maximum atomic E-state index is 13.3. The highest BCUT2D eigenvalue weighted by Gasteiger charge is 2.23. The lowest BCUT2D eigenvalue weighted by atomic mass is 10.0. The third kappa shape index (κ3) is 4.47. The monoisotopic (exact) mass is 424 g/mol. The fraction of sp³-hybridized carbons (Fsp3) is 0.250. The van der Waals surface area contributed by atoms with Crippen molar-refractivity contribution in [3.8, 4) is 0 Å². The van der Waals surface area contributed by atoms with Crippen LogP contribution >= 0.6 is 23.2 Å². The van der Waals surface area contributed by atoms with Gasteiger partial charge in [-0.3, -0.25) is 9.69 Å². The second-order valence-electron chi connectivity index (χ2n) is 6.55. The second kappa shape index (κ2) is 8.92. The molecule has 1 unspecified atom stereocenters. The molecule has 148 valence electrons. The summed E-state index contributed by atoms with van der Waals surface area (Å²) in [5, 5.41) is 19.3. The van der Waals surface area contributed by atoms with E-state index in [4.69, 9.17) is 33.1 Å². The van der Waals surface area contributed by atoms with Crippen LogP contribution in [0, 0.1) is 5.82 Å². The van der Waals surface area contributed by atoms with Gasteiger partial charge in [-0.15, -0.1) is 0 Å². The molecule has 0 bridgehead atoms. The molecular weight excluding hydrogens is 406 g/mol. The Balaban J connectivity index is 0.000000706. The van der Waals surface area contributed by atoms with Gasteiger partial charge in [0.15, 0.2) is 0 Å². The van der Waals surface area contributed by atoms with E-state index in [0.717, 1.165) is 35.7 Å². The molecule has 2 heterocycles. The van der Waals surface area contributed by atoms with Gasteiger partial charge in [0.05, 0.1) is 11.1 Å². The van der Waals surface area contributed by atoms with Crippen molar-refractivity contribution in [3.05, 3.63) is 69.1 Å². The predicted molar refractivity (Wildman–Crippen MR) is 107 cm³/mol. The molecule has 3 N–H and O–H groups in total. The fourth-order valence-corrected chi connectivity index (χ4v) is 3.86. The van der Waals surface area contributed by atoms with Crippen molar-refractivity contribution in [1.29, 1.82) is 0 Å². The highest BCUT2D eigenvalue weighted by Crippen LogP contribution is 2.30. The van der Waals surface area contributed by atoms with Gasteiger partial charge in [-0.1, -0.05) is 29.3 Å². The smallest absolute Gasteiger partial charge is 0.290 e. The number of aliphatic hydroxyl groups excluding tert-OH is 1. The minimum atomic E-state index is -0.710. The Labute approximate surface area is 171 Å². The SMILES string of the molecule is O=CO.OC(CN1CCc2c([nH]c3ccc(Cl)cc23)C1)c1ccc(F)c(Cl)c1. The molecule has 4 rings (SSSR count). The van der Waals surface area contributed by atoms with Gasteiger partial charge in [0.25, 0.3) is 6.47 Å². The molecule has 0 aliphatic carbocycles. The van der Waals surface area contributed by atoms with Crippen LogP contribution in [0.5, 0.6) is 0 Å². The third-order valence-electron chi connectivity index (χ3n) is 4.78. The molecule has 3 aromatic rings. The van der Waals surface area contributed by atoms with E-state index in [9.17, 15) is 9.50 Å². The van der Waals surface area contributed by atoms with E-state index < -0.39 is 11.9 Å². The topological polar surface area (TPSA) is 76.6 Å². The number of fused-ring (bicyclic) bond motifs is 3. The number of aliphatic hydroxyl groups is 1. The zero-order chi connectivity index (χ0) is 20.3. The van der Waals surface area contributed by atoms with Crippen molar-refractivity contribution >= 4 is 40.6 Å². The van der Waals surface area contributed by atoms with Gasteiger partial charge >= 0.3 is 0 Å². The molecule has 0 radical (unpaired) electrons. The summed E-state index contributed by atoms with van der Waals surface area (Å²) in [4.78, 5) is 14.0. The number of nitrogens with one attached hydrogen (secondary N) is 1. The van der Waals surface area contributed by atoms with Crippen LogP contribution in [0.15, 0.2) is 36.4 Å². The lowest BCUT2D eigenvalue weighted by molar-refractivity contribution is -0.122. The normalized spacial score (nSPS) is 14.9. The number of aromatic nitrogens is 1. The van der Waals surface area contributed by atoms with Crippen LogP contribution in [-0.4, -0.2) is 39.7 Å². The molecule has 0 amide bonds. The van der Waals surface area contributed by atoms with Crippen LogP contribution < -0.4 is 0 Å². The first-order valence-corrected chi connectivity index (χ1v) is 9.40. The molecule has 1 aromatic heterocycles. The zero-order valence-corrected chi connectivity index (χ0v) is 16.3. The number of nitrogens with zero attached hydrogens (tertiary/aromatic N) is 1. The first kappa shape index (κ1) is 20.6. The highest BCUT2D eigenvalue weighted by molar-refractivity contribution is 6.31. The van der Waals surface area contributed by atoms with Gasteiger partial charge < -0.3 is 15.2 Å². The Bertz CT molecular complexity index is 993. The van der Waals surface area contributed by atoms with Crippen molar-refractivity contribution in [1.82, 2.24) is 9.88 Å². The number of hydrogen-bond acceptors (Lipinski definition) is 3. The highest BCUT2D eigenvalue weighted by atomic mass is 35.5. The van der Waals surface area contributed by atoms with Gasteiger partial charge in [-0.25, -0.2) is 4.39 Å². The molecule has 1 aliphatic heterocycles. The summed E-state index contributed by atoms with van der Waals surface area (Å²) in [6, 6.07) is 10.2. The predicted octanol–water partition coefficient (Wildman–Crippen LogP) is 4.41. The summed E-state index contributed by atoms with van der Waals surface area (Å²) in [5.74, 6) is -0.475. The molecule has 0 fully saturated rings. The molecule has 8 heteroatoms. The Hall–Kier alpha value is -2.12. The molecule has 2 aromatic carbocycles. The second-order valence-corrected chi connectivity index (χ2v) is 7.40. The number of halogens is 3. The summed E-state index contributed by atoms with van der Waals surface area (Å²) in [7, 11) is 0. The van der Waals surface area contributed by atoms with E-state index in [1.54, 1.807) is 6.07 Å². The lowest BCUT2D eigenvalue weighted by Crippen LogP contribution is -2.33. The van der Waals surface area contributed by atoms with E-state index in [-0.39, 0.29) is 11.5 Å². The van der Waals surface area contributed by atoms with Crippen molar-refractivity contribution in [2.24, 2.45) is 0 Å². The van der Waals surface area contributed by atoms with Crippen LogP contribution in [0.25, 0.3) is 10.9 Å². The van der Waals surface area contributed by atoms with Gasteiger partial charge in [0.2, 0.25) is 0 Å². The van der Waals surface area contributed by atoms with Crippen molar-refractivity contribution in [3.63, 3.8) is 0 Å². The minimum absolute atomic E-state index is 0.0324. The Morgan fingerprint density at radius 1 is 1.25 bits per heavy atom. The standard InChI is InChI=1S/C19H17Cl2FN2O.CH2O2/c20-12-2-4-17-14(8-12)13-5-6-24(9-18(13)23-17)10-19(25)11-1-3-16(22)15(21)7-11;2-1-3/h1-4,7-8,19,23,25H,5-6,9-10H2;1H,(H,2,3). The molecular formula is C20H19Cl2FN2O3. The molecule has 0 saturated carbocycles.